The standard InChI is InChI=1S/C34H41ClN4O4.ClH/c1-21-9-7-14-26(22(21)2)37-32(41)30-34-16-15-27(43-34)28(31(40)36-25-13-8-12-24(35)19-25)29(34)33(42)39(30)18-17-38(3)20-23-10-5-4-6-11-23;/h4-6,8,10-13,15-16,19,21-22,26-30H,7,9,14,17-18,20H2,1-3H3,(H,36,40)(H,37,41);1H. The SMILES string of the molecule is CC1CCCC(NC(=O)C2N(CCN(C)Cc3ccccc3)C(=O)C3C(C(=O)Nc4cccc(Cl)c4)C4C=CC32O4)C1C.Cl. The van der Waals surface area contributed by atoms with Crippen molar-refractivity contribution in [3.8, 4) is 0 Å². The number of rotatable bonds is 9. The summed E-state index contributed by atoms with van der Waals surface area (Å²) in [5, 5.41) is 6.76. The lowest BCUT2D eigenvalue weighted by molar-refractivity contribution is -0.141. The average molecular weight is 642 g/mol. The van der Waals surface area contributed by atoms with Gasteiger partial charge in [-0.05, 0) is 49.1 Å². The first-order chi connectivity index (χ1) is 20.7. The number of likely N-dealkylation sites (tertiary alicyclic amines) is 1. The maximum atomic E-state index is 14.3. The van der Waals surface area contributed by atoms with E-state index in [4.69, 9.17) is 16.3 Å². The number of likely N-dealkylation sites (N-methyl/N-ethyl adjacent to an activating group) is 1. The third kappa shape index (κ3) is 6.02. The molecular formula is C34H42Cl2N4O4. The number of ether oxygens (including phenoxy) is 1. The van der Waals surface area contributed by atoms with Crippen LogP contribution in [-0.2, 0) is 25.7 Å². The number of halogens is 2. The molecule has 2 aromatic carbocycles. The van der Waals surface area contributed by atoms with Crippen molar-refractivity contribution in [2.24, 2.45) is 23.7 Å². The lowest BCUT2D eigenvalue weighted by atomic mass is 9.73. The number of hydrogen-bond acceptors (Lipinski definition) is 5. The predicted molar refractivity (Wildman–Crippen MR) is 173 cm³/mol. The number of fused-ring (bicyclic) bond motifs is 1. The van der Waals surface area contributed by atoms with E-state index in [1.54, 1.807) is 29.2 Å². The molecule has 236 valence electrons. The van der Waals surface area contributed by atoms with Crippen LogP contribution in [0.5, 0.6) is 0 Å². The van der Waals surface area contributed by atoms with Gasteiger partial charge < -0.3 is 25.2 Å². The second-order valence-corrected chi connectivity index (χ2v) is 13.3. The Hall–Kier alpha value is -2.91. The second-order valence-electron chi connectivity index (χ2n) is 12.8. The Kier molecular flexibility index (Phi) is 9.75. The van der Waals surface area contributed by atoms with Gasteiger partial charge in [0.15, 0.2) is 0 Å². The molecule has 3 fully saturated rings. The van der Waals surface area contributed by atoms with Crippen molar-refractivity contribution in [2.45, 2.75) is 63.4 Å². The van der Waals surface area contributed by atoms with E-state index in [1.807, 2.05) is 37.4 Å². The van der Waals surface area contributed by atoms with Crippen molar-refractivity contribution < 1.29 is 19.1 Å². The Bertz CT molecular complexity index is 1410. The molecular weight excluding hydrogens is 599 g/mol. The first-order valence-electron chi connectivity index (χ1n) is 15.4. The minimum absolute atomic E-state index is 0. The molecule has 3 aliphatic heterocycles. The molecule has 3 amide bonds. The Labute approximate surface area is 270 Å². The average Bonchev–Trinajstić information content (AvgIpc) is 3.62. The topological polar surface area (TPSA) is 91.0 Å². The van der Waals surface area contributed by atoms with E-state index < -0.39 is 29.6 Å². The Morgan fingerprint density at radius 2 is 1.86 bits per heavy atom. The fourth-order valence-electron chi connectivity index (χ4n) is 7.60. The van der Waals surface area contributed by atoms with E-state index in [-0.39, 0.29) is 36.2 Å². The maximum absolute atomic E-state index is 14.3. The number of hydrogen-bond donors (Lipinski definition) is 2. The first kappa shape index (κ1) is 32.5. The molecule has 8 nitrogen and oxygen atoms in total. The van der Waals surface area contributed by atoms with Crippen molar-refractivity contribution in [1.82, 2.24) is 15.1 Å². The van der Waals surface area contributed by atoms with Crippen LogP contribution < -0.4 is 10.6 Å². The Morgan fingerprint density at radius 3 is 2.61 bits per heavy atom. The van der Waals surface area contributed by atoms with Gasteiger partial charge in [0.2, 0.25) is 17.7 Å². The third-order valence-electron chi connectivity index (χ3n) is 10.1. The van der Waals surface area contributed by atoms with Crippen LogP contribution in [0.4, 0.5) is 5.69 Å². The van der Waals surface area contributed by atoms with Crippen molar-refractivity contribution in [2.75, 3.05) is 25.5 Å². The largest absolute Gasteiger partial charge is 0.359 e. The summed E-state index contributed by atoms with van der Waals surface area (Å²) < 4.78 is 6.52. The molecule has 3 heterocycles. The summed E-state index contributed by atoms with van der Waals surface area (Å²) in [6.45, 7) is 6.06. The molecule has 1 aliphatic carbocycles. The zero-order chi connectivity index (χ0) is 30.3. The van der Waals surface area contributed by atoms with Gasteiger partial charge in [0.25, 0.3) is 0 Å². The molecule has 4 aliphatic rings. The monoisotopic (exact) mass is 640 g/mol. The van der Waals surface area contributed by atoms with Crippen molar-refractivity contribution in [1.29, 1.82) is 0 Å². The van der Waals surface area contributed by atoms with Gasteiger partial charge in [0.05, 0.1) is 17.9 Å². The predicted octanol–water partition coefficient (Wildman–Crippen LogP) is 4.92. The number of nitrogens with one attached hydrogen (secondary N) is 2. The van der Waals surface area contributed by atoms with Crippen LogP contribution in [0.1, 0.15) is 38.7 Å². The summed E-state index contributed by atoms with van der Waals surface area (Å²) in [5.74, 6) is -1.43. The van der Waals surface area contributed by atoms with Gasteiger partial charge in [0, 0.05) is 36.4 Å². The van der Waals surface area contributed by atoms with Crippen molar-refractivity contribution in [3.05, 3.63) is 77.3 Å². The quantitative estimate of drug-likeness (QED) is 0.380. The summed E-state index contributed by atoms with van der Waals surface area (Å²) in [6.07, 6.45) is 6.26. The summed E-state index contributed by atoms with van der Waals surface area (Å²) >= 11 is 6.15. The van der Waals surface area contributed by atoms with E-state index in [2.05, 4.69) is 41.5 Å². The summed E-state index contributed by atoms with van der Waals surface area (Å²) in [5.41, 5.74) is 0.535. The normalized spacial score (nSPS) is 32.0. The zero-order valence-corrected chi connectivity index (χ0v) is 27.0. The highest BCUT2D eigenvalue weighted by atomic mass is 35.5. The molecule has 2 bridgehead atoms. The summed E-state index contributed by atoms with van der Waals surface area (Å²) in [6, 6.07) is 16.3. The van der Waals surface area contributed by atoms with Crippen molar-refractivity contribution in [3.63, 3.8) is 0 Å². The zero-order valence-electron chi connectivity index (χ0n) is 25.4. The second kappa shape index (κ2) is 13.2. The number of anilines is 1. The molecule has 8 atom stereocenters. The molecule has 2 N–H and O–H groups in total. The number of amides is 3. The smallest absolute Gasteiger partial charge is 0.246 e. The Balaban J connectivity index is 0.00000384. The van der Waals surface area contributed by atoms with Gasteiger partial charge in [-0.1, -0.05) is 86.8 Å². The van der Waals surface area contributed by atoms with Crippen LogP contribution in [0.3, 0.4) is 0 Å². The number of carbonyl (C=O) groups is 3. The van der Waals surface area contributed by atoms with Gasteiger partial charge in [-0.3, -0.25) is 14.4 Å². The third-order valence-corrected chi connectivity index (χ3v) is 10.3. The molecule has 44 heavy (non-hydrogen) atoms. The molecule has 2 aromatic rings. The van der Waals surface area contributed by atoms with Crippen LogP contribution in [0.15, 0.2) is 66.7 Å². The van der Waals surface area contributed by atoms with Crippen LogP contribution in [0, 0.1) is 23.7 Å². The highest BCUT2D eigenvalue weighted by molar-refractivity contribution is 6.30. The summed E-state index contributed by atoms with van der Waals surface area (Å²) in [7, 11) is 2.01. The minimum Gasteiger partial charge on any atom is -0.359 e. The van der Waals surface area contributed by atoms with E-state index >= 15 is 0 Å². The number of nitrogens with zero attached hydrogens (tertiary/aromatic N) is 2. The molecule has 0 aromatic heterocycles. The minimum atomic E-state index is -1.19. The molecule has 10 heteroatoms. The van der Waals surface area contributed by atoms with Crippen LogP contribution in [0.25, 0.3) is 0 Å². The van der Waals surface area contributed by atoms with Crippen LogP contribution >= 0.6 is 24.0 Å². The summed E-state index contributed by atoms with van der Waals surface area (Å²) in [4.78, 5) is 46.1. The molecule has 1 spiro atoms. The van der Waals surface area contributed by atoms with E-state index in [0.29, 0.717) is 35.6 Å². The molecule has 6 rings (SSSR count). The fraction of sp³-hybridized carbons (Fsp3) is 0.500. The fourth-order valence-corrected chi connectivity index (χ4v) is 7.79. The highest BCUT2D eigenvalue weighted by Crippen LogP contribution is 2.55. The van der Waals surface area contributed by atoms with Crippen LogP contribution in [0.2, 0.25) is 5.02 Å². The van der Waals surface area contributed by atoms with Gasteiger partial charge in [-0.2, -0.15) is 0 Å². The van der Waals surface area contributed by atoms with Crippen molar-refractivity contribution >= 4 is 47.4 Å². The molecule has 1 saturated carbocycles. The Morgan fingerprint density at radius 1 is 1.09 bits per heavy atom. The van der Waals surface area contributed by atoms with E-state index in [1.165, 1.54) is 5.56 Å². The van der Waals surface area contributed by atoms with Gasteiger partial charge >= 0.3 is 0 Å². The van der Waals surface area contributed by atoms with Gasteiger partial charge in [-0.15, -0.1) is 12.4 Å². The van der Waals surface area contributed by atoms with Gasteiger partial charge in [-0.25, -0.2) is 0 Å². The molecule has 0 radical (unpaired) electrons. The lowest BCUT2D eigenvalue weighted by Crippen LogP contribution is -2.58. The van der Waals surface area contributed by atoms with E-state index in [0.717, 1.165) is 25.8 Å². The van der Waals surface area contributed by atoms with Crippen LogP contribution in [-0.4, -0.2) is 71.4 Å². The molecule has 2 saturated heterocycles. The highest BCUT2D eigenvalue weighted by Gasteiger charge is 2.72. The van der Waals surface area contributed by atoms with Gasteiger partial charge in [0.1, 0.15) is 11.6 Å². The van der Waals surface area contributed by atoms with E-state index in [9.17, 15) is 14.4 Å². The maximum Gasteiger partial charge on any atom is 0.246 e. The first-order valence-corrected chi connectivity index (χ1v) is 15.8. The number of benzene rings is 2. The number of carbonyl (C=O) groups excluding carboxylic acids is 3. The lowest BCUT2D eigenvalue weighted by Gasteiger charge is -2.38. The molecule has 8 unspecified atom stereocenters.